The first kappa shape index (κ1) is 10.6. The molecule has 1 aromatic rings. The first-order valence-electron chi connectivity index (χ1n) is 3.40. The number of aliphatic hydroxyl groups excluding tert-OH is 1. The largest absolute Gasteiger partial charge is 0.392 e. The summed E-state index contributed by atoms with van der Waals surface area (Å²) in [5.41, 5.74) is 5.36. The lowest BCUT2D eigenvalue weighted by Gasteiger charge is -2.06. The molecule has 3 nitrogen and oxygen atoms in total. The Hall–Kier alpha value is -0.500. The molecule has 0 radical (unpaired) electrons. The van der Waals surface area contributed by atoms with Crippen molar-refractivity contribution < 1.29 is 13.9 Å². The van der Waals surface area contributed by atoms with Crippen molar-refractivity contribution >= 4 is 28.4 Å². The zero-order valence-electron chi connectivity index (χ0n) is 6.47. The fourth-order valence-electron chi connectivity index (χ4n) is 0.835. The lowest BCUT2D eigenvalue weighted by Crippen LogP contribution is -2.04. The smallest absolute Gasteiger partial charge is 0.281 e. The average molecular weight is 300 g/mol. The van der Waals surface area contributed by atoms with Gasteiger partial charge in [-0.2, -0.15) is 0 Å². The molecule has 0 atom stereocenters. The molecule has 0 bridgehead atoms. The highest BCUT2D eigenvalue weighted by atomic mass is 127. The molecular formula is C7H7F2IN2O. The fraction of sp³-hybridized carbons (Fsp3) is 0.286. The van der Waals surface area contributed by atoms with Crippen molar-refractivity contribution in [2.45, 2.75) is 13.0 Å². The summed E-state index contributed by atoms with van der Waals surface area (Å²) in [7, 11) is 0. The van der Waals surface area contributed by atoms with Gasteiger partial charge in [-0.25, -0.2) is 13.8 Å². The molecule has 0 saturated heterocycles. The highest BCUT2D eigenvalue weighted by Crippen LogP contribution is 2.25. The summed E-state index contributed by atoms with van der Waals surface area (Å²) in [4.78, 5) is 3.50. The predicted octanol–water partition coefficient (Wildman–Crippen LogP) is 1.70. The zero-order chi connectivity index (χ0) is 10.0. The van der Waals surface area contributed by atoms with Gasteiger partial charge in [0.1, 0.15) is 11.5 Å². The van der Waals surface area contributed by atoms with Gasteiger partial charge in [-0.05, 0) is 28.7 Å². The molecule has 1 aromatic heterocycles. The molecule has 1 rings (SSSR count). The number of hydrogen-bond acceptors (Lipinski definition) is 3. The first-order valence-corrected chi connectivity index (χ1v) is 4.48. The Kier molecular flexibility index (Phi) is 3.37. The standard InChI is InChI=1S/C7H7F2IN2O/c8-6(9)5-4(10)1-3(2-13)7(11)12-5/h1,6,13H,2H2,(H2,11,12). The molecule has 0 aliphatic heterocycles. The van der Waals surface area contributed by atoms with E-state index in [2.05, 4.69) is 4.98 Å². The topological polar surface area (TPSA) is 59.1 Å². The van der Waals surface area contributed by atoms with E-state index in [1.165, 1.54) is 6.07 Å². The maximum Gasteiger partial charge on any atom is 0.281 e. The molecule has 0 saturated carbocycles. The van der Waals surface area contributed by atoms with E-state index in [1.807, 2.05) is 0 Å². The molecule has 0 aliphatic carbocycles. The summed E-state index contributed by atoms with van der Waals surface area (Å²) in [6.45, 7) is -0.293. The van der Waals surface area contributed by atoms with Crippen molar-refractivity contribution in [2.24, 2.45) is 0 Å². The van der Waals surface area contributed by atoms with Gasteiger partial charge in [0, 0.05) is 9.13 Å². The number of hydrogen-bond donors (Lipinski definition) is 2. The molecule has 0 unspecified atom stereocenters. The highest BCUT2D eigenvalue weighted by molar-refractivity contribution is 14.1. The minimum Gasteiger partial charge on any atom is -0.392 e. The maximum absolute atomic E-state index is 12.3. The summed E-state index contributed by atoms with van der Waals surface area (Å²) in [6, 6.07) is 1.41. The molecule has 0 aromatic carbocycles. The summed E-state index contributed by atoms with van der Waals surface area (Å²) < 4.78 is 24.8. The minimum absolute atomic E-state index is 0.0433. The average Bonchev–Trinajstić information content (AvgIpc) is 2.07. The second-order valence-corrected chi connectivity index (χ2v) is 3.52. The summed E-state index contributed by atoms with van der Waals surface area (Å²) >= 11 is 1.73. The summed E-state index contributed by atoms with van der Waals surface area (Å²) in [5, 5.41) is 8.76. The Morgan fingerprint density at radius 2 is 2.23 bits per heavy atom. The third-order valence-electron chi connectivity index (χ3n) is 1.49. The van der Waals surface area contributed by atoms with Crippen LogP contribution in [0, 0.1) is 3.57 Å². The Balaban J connectivity index is 3.20. The van der Waals surface area contributed by atoms with Crippen LogP contribution in [0.4, 0.5) is 14.6 Å². The van der Waals surface area contributed by atoms with E-state index in [-0.39, 0.29) is 18.1 Å². The minimum atomic E-state index is -2.64. The van der Waals surface area contributed by atoms with Gasteiger partial charge in [0.25, 0.3) is 6.43 Å². The van der Waals surface area contributed by atoms with Gasteiger partial charge in [0.15, 0.2) is 0 Å². The number of aliphatic hydroxyl groups is 1. The number of nitrogens with zero attached hydrogens (tertiary/aromatic N) is 1. The number of aromatic nitrogens is 1. The number of nitrogen functional groups attached to an aromatic ring is 1. The van der Waals surface area contributed by atoms with Crippen molar-refractivity contribution in [3.63, 3.8) is 0 Å². The van der Waals surface area contributed by atoms with E-state index in [1.54, 1.807) is 22.6 Å². The molecule has 6 heteroatoms. The Bertz CT molecular complexity index is 320. The van der Waals surface area contributed by atoms with Gasteiger partial charge < -0.3 is 10.8 Å². The number of rotatable bonds is 2. The Morgan fingerprint density at radius 1 is 1.62 bits per heavy atom. The molecule has 13 heavy (non-hydrogen) atoms. The normalized spacial score (nSPS) is 10.8. The Morgan fingerprint density at radius 3 is 2.69 bits per heavy atom. The van der Waals surface area contributed by atoms with Crippen molar-refractivity contribution in [2.75, 3.05) is 5.73 Å². The van der Waals surface area contributed by atoms with Crippen LogP contribution in [0.3, 0.4) is 0 Å². The van der Waals surface area contributed by atoms with Gasteiger partial charge in [-0.1, -0.05) is 0 Å². The predicted molar refractivity (Wildman–Crippen MR) is 52.2 cm³/mol. The zero-order valence-corrected chi connectivity index (χ0v) is 8.62. The van der Waals surface area contributed by atoms with E-state index < -0.39 is 6.43 Å². The second-order valence-electron chi connectivity index (χ2n) is 2.36. The Labute approximate surface area is 87.1 Å². The molecule has 3 N–H and O–H groups in total. The molecule has 0 spiro atoms. The maximum atomic E-state index is 12.3. The van der Waals surface area contributed by atoms with Gasteiger partial charge >= 0.3 is 0 Å². The monoisotopic (exact) mass is 300 g/mol. The van der Waals surface area contributed by atoms with Crippen molar-refractivity contribution in [1.82, 2.24) is 4.98 Å². The van der Waals surface area contributed by atoms with Crippen LogP contribution < -0.4 is 5.73 Å². The van der Waals surface area contributed by atoms with Crippen molar-refractivity contribution in [3.05, 3.63) is 20.9 Å². The van der Waals surface area contributed by atoms with Crippen LogP contribution in [0.1, 0.15) is 17.7 Å². The van der Waals surface area contributed by atoms with Gasteiger partial charge in [-0.3, -0.25) is 0 Å². The summed E-state index contributed by atoms with van der Waals surface area (Å²) in [5.74, 6) is -0.0433. The van der Waals surface area contributed by atoms with E-state index in [4.69, 9.17) is 10.8 Å². The summed E-state index contributed by atoms with van der Waals surface area (Å²) in [6.07, 6.45) is -2.64. The van der Waals surface area contributed by atoms with Crippen molar-refractivity contribution in [1.29, 1.82) is 0 Å². The van der Waals surface area contributed by atoms with Crippen LogP contribution in [-0.4, -0.2) is 10.1 Å². The van der Waals surface area contributed by atoms with Crippen molar-refractivity contribution in [3.8, 4) is 0 Å². The first-order chi connectivity index (χ1) is 6.06. The quantitative estimate of drug-likeness (QED) is 0.817. The second kappa shape index (κ2) is 4.14. The van der Waals surface area contributed by atoms with E-state index in [0.717, 1.165) is 0 Å². The van der Waals surface area contributed by atoms with E-state index in [0.29, 0.717) is 9.13 Å². The number of anilines is 1. The van der Waals surface area contributed by atoms with E-state index >= 15 is 0 Å². The third kappa shape index (κ3) is 2.25. The van der Waals surface area contributed by atoms with Gasteiger partial charge in [0.2, 0.25) is 0 Å². The number of alkyl halides is 2. The number of nitrogens with two attached hydrogens (primary N) is 1. The third-order valence-corrected chi connectivity index (χ3v) is 2.36. The van der Waals surface area contributed by atoms with Crippen LogP contribution in [0.25, 0.3) is 0 Å². The van der Waals surface area contributed by atoms with Crippen LogP contribution >= 0.6 is 22.6 Å². The molecule has 0 aliphatic rings. The van der Waals surface area contributed by atoms with Gasteiger partial charge in [-0.15, -0.1) is 0 Å². The molecular weight excluding hydrogens is 293 g/mol. The molecule has 0 fully saturated rings. The number of pyridine rings is 1. The molecule has 1 heterocycles. The van der Waals surface area contributed by atoms with Gasteiger partial charge in [0.05, 0.1) is 6.61 Å². The van der Waals surface area contributed by atoms with Crippen LogP contribution in [0.2, 0.25) is 0 Å². The SMILES string of the molecule is Nc1nc(C(F)F)c(I)cc1CO. The molecule has 0 amide bonds. The highest BCUT2D eigenvalue weighted by Gasteiger charge is 2.15. The fourth-order valence-corrected chi connectivity index (χ4v) is 1.57. The van der Waals surface area contributed by atoms with Crippen LogP contribution in [0.5, 0.6) is 0 Å². The lowest BCUT2D eigenvalue weighted by molar-refractivity contribution is 0.145. The van der Waals surface area contributed by atoms with Crippen LogP contribution in [-0.2, 0) is 6.61 Å². The molecule has 72 valence electrons. The van der Waals surface area contributed by atoms with Crippen LogP contribution in [0.15, 0.2) is 6.07 Å². The number of halogens is 3. The lowest BCUT2D eigenvalue weighted by atomic mass is 10.2. The van der Waals surface area contributed by atoms with E-state index in [9.17, 15) is 8.78 Å².